The van der Waals surface area contributed by atoms with Gasteiger partial charge in [0, 0.05) is 41.7 Å². The van der Waals surface area contributed by atoms with E-state index in [0.29, 0.717) is 16.0 Å². The third-order valence-electron chi connectivity index (χ3n) is 5.46. The highest BCUT2D eigenvalue weighted by Crippen LogP contribution is 2.32. The molecule has 8 heteroatoms. The second-order valence-corrected chi connectivity index (χ2v) is 8.48. The molecule has 1 amide bonds. The molecule has 31 heavy (non-hydrogen) atoms. The number of methoxy groups -OCH3 is 1. The van der Waals surface area contributed by atoms with Gasteiger partial charge in [0.1, 0.15) is 28.5 Å². The van der Waals surface area contributed by atoms with Crippen LogP contribution in [0.2, 0.25) is 0 Å². The van der Waals surface area contributed by atoms with Crippen molar-refractivity contribution in [3.8, 4) is 5.75 Å². The van der Waals surface area contributed by atoms with Crippen molar-refractivity contribution >= 4 is 44.7 Å². The summed E-state index contributed by atoms with van der Waals surface area (Å²) in [5.41, 5.74) is 1.01. The number of amides is 1. The molecule has 1 fully saturated rings. The van der Waals surface area contributed by atoms with Gasteiger partial charge in [-0.25, -0.2) is 4.39 Å². The van der Waals surface area contributed by atoms with E-state index >= 15 is 0 Å². The number of nitrogens with zero attached hydrogens (tertiary/aromatic N) is 1. The van der Waals surface area contributed by atoms with Gasteiger partial charge in [0.05, 0.1) is 12.5 Å². The van der Waals surface area contributed by atoms with Gasteiger partial charge in [0.25, 0.3) is 0 Å². The molecule has 1 N–H and O–H groups in total. The number of nitrogens with one attached hydrogen (secondary N) is 1. The standard InChI is InChI=1S/C23H19FN2O4S/c1-29-19-7-2-6-16-15(19)5-3-8-22(16)31(28)25-23(27)21-13-17-18(24)11-14(12-20(17)30-21)26-9-4-10-26/h2-3,5-8,11-13H,4,9-10H2,1H3,(H,25,27). The Kier molecular flexibility index (Phi) is 4.95. The van der Waals surface area contributed by atoms with E-state index < -0.39 is 23.1 Å². The number of fused-ring (bicyclic) bond motifs is 2. The summed E-state index contributed by atoms with van der Waals surface area (Å²) in [6.45, 7) is 1.74. The minimum Gasteiger partial charge on any atom is -0.588 e. The predicted octanol–water partition coefficient (Wildman–Crippen LogP) is 4.40. The van der Waals surface area contributed by atoms with Gasteiger partial charge in [-0.2, -0.15) is 4.72 Å². The van der Waals surface area contributed by atoms with E-state index in [4.69, 9.17) is 9.15 Å². The monoisotopic (exact) mass is 438 g/mol. The first-order valence-corrected chi connectivity index (χ1v) is 11.0. The molecule has 0 spiro atoms. The quantitative estimate of drug-likeness (QED) is 0.468. The first-order valence-electron chi connectivity index (χ1n) is 9.81. The molecule has 2 heterocycles. The van der Waals surface area contributed by atoms with Gasteiger partial charge in [0.2, 0.25) is 0 Å². The Hall–Kier alpha value is -3.23. The Labute approximate surface area is 180 Å². The summed E-state index contributed by atoms with van der Waals surface area (Å²) in [5, 5.41) is 1.71. The fourth-order valence-corrected chi connectivity index (χ4v) is 4.69. The van der Waals surface area contributed by atoms with E-state index in [9.17, 15) is 13.7 Å². The van der Waals surface area contributed by atoms with Gasteiger partial charge in [-0.1, -0.05) is 18.2 Å². The minimum atomic E-state index is -1.85. The molecule has 1 atom stereocenters. The first kappa shape index (κ1) is 19.7. The maximum atomic E-state index is 14.5. The summed E-state index contributed by atoms with van der Waals surface area (Å²) in [4.78, 5) is 15.2. The molecule has 6 nitrogen and oxygen atoms in total. The predicted molar refractivity (Wildman–Crippen MR) is 117 cm³/mol. The van der Waals surface area contributed by atoms with Gasteiger partial charge in [-0.3, -0.25) is 4.79 Å². The molecule has 0 bridgehead atoms. The van der Waals surface area contributed by atoms with Gasteiger partial charge >= 0.3 is 5.91 Å². The first-order chi connectivity index (χ1) is 15.0. The number of carbonyl (C=O) groups excluding carboxylic acids is 1. The number of ether oxygens (including phenoxy) is 1. The average molecular weight is 438 g/mol. The second kappa shape index (κ2) is 7.79. The average Bonchev–Trinajstić information content (AvgIpc) is 3.16. The summed E-state index contributed by atoms with van der Waals surface area (Å²) in [7, 11) is 1.56. The second-order valence-electron chi connectivity index (χ2n) is 7.30. The van der Waals surface area contributed by atoms with Crippen LogP contribution in [0, 0.1) is 5.82 Å². The third-order valence-corrected chi connectivity index (χ3v) is 6.59. The largest absolute Gasteiger partial charge is 0.588 e. The molecule has 0 radical (unpaired) electrons. The molecule has 0 aliphatic carbocycles. The van der Waals surface area contributed by atoms with Crippen molar-refractivity contribution in [2.75, 3.05) is 25.1 Å². The van der Waals surface area contributed by atoms with Crippen molar-refractivity contribution in [2.45, 2.75) is 11.3 Å². The SMILES string of the molecule is COc1cccc2c([S+]([O-])NC(=O)c3cc4c(F)cc(N5CCC5)cc4o3)cccc12. The molecule has 4 aromatic rings. The number of furan rings is 1. The lowest BCUT2D eigenvalue weighted by Gasteiger charge is -2.33. The summed E-state index contributed by atoms with van der Waals surface area (Å²) in [6.07, 6.45) is 1.07. The lowest BCUT2D eigenvalue weighted by Crippen LogP contribution is -2.36. The number of hydrogen-bond donors (Lipinski definition) is 1. The summed E-state index contributed by atoms with van der Waals surface area (Å²) < 4.78 is 40.9. The smallest absolute Gasteiger partial charge is 0.328 e. The number of hydrogen-bond acceptors (Lipinski definition) is 5. The highest BCUT2D eigenvalue weighted by Gasteiger charge is 2.24. The Morgan fingerprint density at radius 2 is 1.90 bits per heavy atom. The van der Waals surface area contributed by atoms with Crippen LogP contribution in [0.25, 0.3) is 21.7 Å². The zero-order valence-electron chi connectivity index (χ0n) is 16.7. The minimum absolute atomic E-state index is 0.0965. The van der Waals surface area contributed by atoms with Crippen molar-refractivity contribution in [1.29, 1.82) is 0 Å². The Bertz CT molecular complexity index is 1300. The molecule has 1 aromatic heterocycles. The molecule has 3 aromatic carbocycles. The van der Waals surface area contributed by atoms with Gasteiger partial charge in [0.15, 0.2) is 10.7 Å². The highest BCUT2D eigenvalue weighted by molar-refractivity contribution is 7.90. The Balaban J connectivity index is 1.43. The van der Waals surface area contributed by atoms with Crippen LogP contribution in [-0.2, 0) is 11.4 Å². The van der Waals surface area contributed by atoms with Crippen LogP contribution in [0.5, 0.6) is 5.75 Å². The lowest BCUT2D eigenvalue weighted by molar-refractivity contribution is 0.0956. The normalized spacial score (nSPS) is 14.5. The fourth-order valence-electron chi connectivity index (χ4n) is 3.73. The zero-order chi connectivity index (χ0) is 21.5. The maximum absolute atomic E-state index is 14.5. The van der Waals surface area contributed by atoms with Crippen LogP contribution < -0.4 is 14.4 Å². The van der Waals surface area contributed by atoms with Crippen molar-refractivity contribution in [2.24, 2.45) is 0 Å². The Morgan fingerprint density at radius 1 is 1.13 bits per heavy atom. The van der Waals surface area contributed by atoms with Gasteiger partial charge in [-0.15, -0.1) is 0 Å². The maximum Gasteiger partial charge on any atom is 0.328 e. The lowest BCUT2D eigenvalue weighted by atomic mass is 10.1. The van der Waals surface area contributed by atoms with Crippen molar-refractivity contribution in [3.05, 3.63) is 66.2 Å². The van der Waals surface area contributed by atoms with Crippen LogP contribution in [-0.4, -0.2) is 30.7 Å². The molecule has 1 aliphatic heterocycles. The number of anilines is 1. The fraction of sp³-hybridized carbons (Fsp3) is 0.174. The molecule has 0 saturated carbocycles. The molecule has 1 saturated heterocycles. The summed E-state index contributed by atoms with van der Waals surface area (Å²) in [6, 6.07) is 15.2. The van der Waals surface area contributed by atoms with Crippen molar-refractivity contribution < 1.29 is 22.9 Å². The van der Waals surface area contributed by atoms with E-state index in [1.54, 1.807) is 31.4 Å². The van der Waals surface area contributed by atoms with Crippen LogP contribution in [0.3, 0.4) is 0 Å². The van der Waals surface area contributed by atoms with Crippen LogP contribution in [0.1, 0.15) is 17.0 Å². The van der Waals surface area contributed by atoms with Crippen LogP contribution in [0.15, 0.2) is 63.9 Å². The van der Waals surface area contributed by atoms with Crippen LogP contribution in [0.4, 0.5) is 10.1 Å². The van der Waals surface area contributed by atoms with E-state index in [1.165, 1.54) is 12.1 Å². The van der Waals surface area contributed by atoms with E-state index in [-0.39, 0.29) is 16.7 Å². The van der Waals surface area contributed by atoms with Crippen molar-refractivity contribution in [1.82, 2.24) is 4.72 Å². The molecule has 5 rings (SSSR count). The molecule has 1 unspecified atom stereocenters. The zero-order valence-corrected chi connectivity index (χ0v) is 17.5. The summed E-state index contributed by atoms with van der Waals surface area (Å²) in [5.74, 6) is -0.585. The Morgan fingerprint density at radius 3 is 2.65 bits per heavy atom. The van der Waals surface area contributed by atoms with E-state index in [1.807, 2.05) is 23.1 Å². The van der Waals surface area contributed by atoms with E-state index in [0.717, 1.165) is 30.6 Å². The topological polar surface area (TPSA) is 77.8 Å². The number of halogens is 1. The molecular weight excluding hydrogens is 419 g/mol. The summed E-state index contributed by atoms with van der Waals surface area (Å²) >= 11 is -1.85. The number of rotatable bonds is 5. The highest BCUT2D eigenvalue weighted by atomic mass is 32.2. The number of benzene rings is 3. The molecular formula is C23H19FN2O4S. The number of carbonyl (C=O) groups is 1. The van der Waals surface area contributed by atoms with E-state index in [2.05, 4.69) is 4.72 Å². The van der Waals surface area contributed by atoms with Gasteiger partial charge < -0.3 is 18.6 Å². The third kappa shape index (κ3) is 3.47. The molecule has 1 aliphatic rings. The van der Waals surface area contributed by atoms with Crippen molar-refractivity contribution in [3.63, 3.8) is 0 Å². The van der Waals surface area contributed by atoms with Gasteiger partial charge in [-0.05, 0) is 30.7 Å². The van der Waals surface area contributed by atoms with Crippen LogP contribution >= 0.6 is 0 Å². The molecule has 158 valence electrons.